The molecule has 1 aromatic heterocycles. The van der Waals surface area contributed by atoms with Gasteiger partial charge in [-0.05, 0) is 31.2 Å². The molecule has 0 spiro atoms. The van der Waals surface area contributed by atoms with Crippen LogP contribution in [0.4, 0.5) is 5.69 Å². The second kappa shape index (κ2) is 5.31. The van der Waals surface area contributed by atoms with Gasteiger partial charge in [0, 0.05) is 16.6 Å². The van der Waals surface area contributed by atoms with E-state index in [9.17, 15) is 0 Å². The van der Waals surface area contributed by atoms with Crippen molar-refractivity contribution in [3.8, 4) is 11.5 Å². The van der Waals surface area contributed by atoms with Crippen LogP contribution in [0.2, 0.25) is 4.34 Å². The number of halogens is 1. The highest BCUT2D eigenvalue weighted by Gasteiger charge is 2.13. The van der Waals surface area contributed by atoms with Crippen LogP contribution in [0.5, 0.6) is 11.5 Å². The highest BCUT2D eigenvalue weighted by Crippen LogP contribution is 2.34. The van der Waals surface area contributed by atoms with E-state index in [1.807, 2.05) is 30.3 Å². The van der Waals surface area contributed by atoms with Crippen LogP contribution in [-0.2, 0) is 0 Å². The van der Waals surface area contributed by atoms with E-state index < -0.39 is 0 Å². The number of anilines is 1. The first-order valence-corrected chi connectivity index (χ1v) is 7.33. The largest absolute Gasteiger partial charge is 0.486 e. The molecule has 1 unspecified atom stereocenters. The Morgan fingerprint density at radius 1 is 1.16 bits per heavy atom. The summed E-state index contributed by atoms with van der Waals surface area (Å²) in [5.41, 5.74) is 1.02. The molecule has 2 aromatic rings. The highest BCUT2D eigenvalue weighted by molar-refractivity contribution is 7.16. The molecule has 0 bridgehead atoms. The molecule has 5 heteroatoms. The number of rotatable bonds is 3. The molecule has 1 atom stereocenters. The minimum Gasteiger partial charge on any atom is -0.486 e. The lowest BCUT2D eigenvalue weighted by molar-refractivity contribution is 0.171. The predicted octanol–water partition coefficient (Wildman–Crippen LogP) is 4.35. The van der Waals surface area contributed by atoms with Crippen LogP contribution in [0.1, 0.15) is 17.8 Å². The summed E-state index contributed by atoms with van der Waals surface area (Å²) in [6.07, 6.45) is 0. The lowest BCUT2D eigenvalue weighted by atomic mass is 10.2. The number of ether oxygens (including phenoxy) is 2. The maximum Gasteiger partial charge on any atom is 0.163 e. The van der Waals surface area contributed by atoms with Crippen molar-refractivity contribution in [2.75, 3.05) is 18.5 Å². The van der Waals surface area contributed by atoms with Crippen LogP contribution in [0.25, 0.3) is 0 Å². The van der Waals surface area contributed by atoms with E-state index in [0.29, 0.717) is 13.2 Å². The molecule has 100 valence electrons. The third-order valence-corrected chi connectivity index (χ3v) is 4.36. The van der Waals surface area contributed by atoms with Crippen LogP contribution in [0.15, 0.2) is 30.3 Å². The molecule has 1 N–H and O–H groups in total. The first kappa shape index (κ1) is 12.6. The minimum atomic E-state index is 0.208. The summed E-state index contributed by atoms with van der Waals surface area (Å²) < 4.78 is 11.9. The highest BCUT2D eigenvalue weighted by atomic mass is 35.5. The molecule has 0 fully saturated rings. The molecule has 0 saturated carbocycles. The molecule has 0 saturated heterocycles. The van der Waals surface area contributed by atoms with E-state index in [1.54, 1.807) is 11.3 Å². The van der Waals surface area contributed by atoms with Gasteiger partial charge in [-0.1, -0.05) is 11.6 Å². The number of nitrogens with one attached hydrogen (secondary N) is 1. The van der Waals surface area contributed by atoms with Crippen molar-refractivity contribution in [3.63, 3.8) is 0 Å². The van der Waals surface area contributed by atoms with E-state index in [0.717, 1.165) is 21.5 Å². The Balaban J connectivity index is 1.76. The molecule has 2 heterocycles. The number of fused-ring (bicyclic) bond motifs is 1. The van der Waals surface area contributed by atoms with Crippen LogP contribution >= 0.6 is 22.9 Å². The predicted molar refractivity (Wildman–Crippen MR) is 78.8 cm³/mol. The Kier molecular flexibility index (Phi) is 3.53. The Hall–Kier alpha value is -1.39. The maximum atomic E-state index is 5.96. The SMILES string of the molecule is CC(Nc1ccc2c(c1)OCCO2)c1ccc(Cl)s1. The summed E-state index contributed by atoms with van der Waals surface area (Å²) >= 11 is 7.55. The molecule has 0 radical (unpaired) electrons. The fourth-order valence-electron chi connectivity index (χ4n) is 2.02. The molecule has 3 rings (SSSR count). The van der Waals surface area contributed by atoms with Crippen molar-refractivity contribution >= 4 is 28.6 Å². The number of benzene rings is 1. The zero-order valence-corrected chi connectivity index (χ0v) is 12.1. The van der Waals surface area contributed by atoms with Gasteiger partial charge >= 0.3 is 0 Å². The van der Waals surface area contributed by atoms with Crippen molar-refractivity contribution in [2.24, 2.45) is 0 Å². The smallest absolute Gasteiger partial charge is 0.163 e. The van der Waals surface area contributed by atoms with Crippen molar-refractivity contribution in [3.05, 3.63) is 39.5 Å². The Labute approximate surface area is 121 Å². The minimum absolute atomic E-state index is 0.208. The van der Waals surface area contributed by atoms with Gasteiger partial charge in [-0.25, -0.2) is 0 Å². The third-order valence-electron chi connectivity index (χ3n) is 2.95. The summed E-state index contributed by atoms with van der Waals surface area (Å²) in [5, 5.41) is 3.44. The Morgan fingerprint density at radius 3 is 2.68 bits per heavy atom. The quantitative estimate of drug-likeness (QED) is 0.913. The van der Waals surface area contributed by atoms with Gasteiger partial charge in [0.1, 0.15) is 13.2 Å². The van der Waals surface area contributed by atoms with Gasteiger partial charge in [0.05, 0.1) is 10.4 Å². The first-order chi connectivity index (χ1) is 9.22. The van der Waals surface area contributed by atoms with Crippen LogP contribution in [0, 0.1) is 0 Å². The second-order valence-corrected chi connectivity index (χ2v) is 6.11. The average molecular weight is 296 g/mol. The molecule has 0 aliphatic carbocycles. The molecule has 0 amide bonds. The summed E-state index contributed by atoms with van der Waals surface area (Å²) in [6, 6.07) is 10.1. The van der Waals surface area contributed by atoms with E-state index in [1.165, 1.54) is 4.88 Å². The monoisotopic (exact) mass is 295 g/mol. The van der Waals surface area contributed by atoms with Gasteiger partial charge < -0.3 is 14.8 Å². The number of hydrogen-bond donors (Lipinski definition) is 1. The Morgan fingerprint density at radius 2 is 1.95 bits per heavy atom. The van der Waals surface area contributed by atoms with Gasteiger partial charge in [-0.2, -0.15) is 0 Å². The third kappa shape index (κ3) is 2.80. The number of hydrogen-bond acceptors (Lipinski definition) is 4. The molecular weight excluding hydrogens is 282 g/mol. The lowest BCUT2D eigenvalue weighted by Gasteiger charge is -2.20. The van der Waals surface area contributed by atoms with Crippen LogP contribution in [-0.4, -0.2) is 13.2 Å². The van der Waals surface area contributed by atoms with E-state index >= 15 is 0 Å². The average Bonchev–Trinajstić information content (AvgIpc) is 2.85. The van der Waals surface area contributed by atoms with E-state index in [2.05, 4.69) is 12.2 Å². The maximum absolute atomic E-state index is 5.96. The molecular formula is C14H14ClNO2S. The second-order valence-electron chi connectivity index (χ2n) is 4.37. The topological polar surface area (TPSA) is 30.5 Å². The summed E-state index contributed by atoms with van der Waals surface area (Å²) in [6.45, 7) is 3.33. The van der Waals surface area contributed by atoms with Gasteiger partial charge in [0.2, 0.25) is 0 Å². The molecule has 1 aliphatic heterocycles. The fraction of sp³-hybridized carbons (Fsp3) is 0.286. The molecule has 3 nitrogen and oxygen atoms in total. The summed E-state index contributed by atoms with van der Waals surface area (Å²) in [7, 11) is 0. The first-order valence-electron chi connectivity index (χ1n) is 6.14. The van der Waals surface area contributed by atoms with Crippen molar-refractivity contribution in [1.29, 1.82) is 0 Å². The van der Waals surface area contributed by atoms with Gasteiger partial charge in [-0.3, -0.25) is 0 Å². The van der Waals surface area contributed by atoms with Gasteiger partial charge in [0.25, 0.3) is 0 Å². The normalized spacial score (nSPS) is 15.1. The zero-order chi connectivity index (χ0) is 13.2. The number of thiophene rings is 1. The van der Waals surface area contributed by atoms with Crippen LogP contribution in [0.3, 0.4) is 0 Å². The molecule has 1 aromatic carbocycles. The van der Waals surface area contributed by atoms with Crippen molar-refractivity contribution in [1.82, 2.24) is 0 Å². The van der Waals surface area contributed by atoms with E-state index in [-0.39, 0.29) is 6.04 Å². The Bertz CT molecular complexity index is 585. The van der Waals surface area contributed by atoms with Crippen molar-refractivity contribution in [2.45, 2.75) is 13.0 Å². The van der Waals surface area contributed by atoms with E-state index in [4.69, 9.17) is 21.1 Å². The molecule has 19 heavy (non-hydrogen) atoms. The van der Waals surface area contributed by atoms with Crippen LogP contribution < -0.4 is 14.8 Å². The van der Waals surface area contributed by atoms with Gasteiger partial charge in [-0.15, -0.1) is 11.3 Å². The zero-order valence-electron chi connectivity index (χ0n) is 10.5. The fourth-order valence-corrected chi connectivity index (χ4v) is 3.08. The van der Waals surface area contributed by atoms with Crippen molar-refractivity contribution < 1.29 is 9.47 Å². The summed E-state index contributed by atoms with van der Waals surface area (Å²) in [4.78, 5) is 1.21. The molecule has 1 aliphatic rings. The summed E-state index contributed by atoms with van der Waals surface area (Å²) in [5.74, 6) is 1.61. The van der Waals surface area contributed by atoms with Gasteiger partial charge in [0.15, 0.2) is 11.5 Å². The standard InChI is InChI=1S/C14H14ClNO2S/c1-9(13-4-5-14(15)19-13)16-10-2-3-11-12(8-10)18-7-6-17-11/h2-5,8-9,16H,6-7H2,1H3. The lowest BCUT2D eigenvalue weighted by Crippen LogP contribution is -2.15.